The number of carbonyl (C=O) groups excluding carboxylic acids is 1. The van der Waals surface area contributed by atoms with Gasteiger partial charge in [-0.2, -0.15) is 0 Å². The molecule has 2 heterocycles. The Morgan fingerprint density at radius 1 is 1.39 bits per heavy atom. The average Bonchev–Trinajstić information content (AvgIpc) is 2.41. The van der Waals surface area contributed by atoms with Crippen LogP contribution in [0.15, 0.2) is 18.6 Å². The van der Waals surface area contributed by atoms with Crippen molar-refractivity contribution in [3.05, 3.63) is 18.6 Å². The van der Waals surface area contributed by atoms with Gasteiger partial charge in [0.1, 0.15) is 0 Å². The summed E-state index contributed by atoms with van der Waals surface area (Å²) in [6, 6.07) is 0. The number of carbonyl (C=O) groups is 1. The number of aromatic nitrogens is 2. The molecule has 18 heavy (non-hydrogen) atoms. The van der Waals surface area contributed by atoms with Gasteiger partial charge in [-0.25, -0.2) is 4.98 Å². The van der Waals surface area contributed by atoms with E-state index in [9.17, 15) is 4.79 Å². The van der Waals surface area contributed by atoms with E-state index in [-0.39, 0.29) is 5.91 Å². The number of nitrogens with one attached hydrogen (secondary N) is 2. The van der Waals surface area contributed by atoms with Crippen molar-refractivity contribution in [3.8, 4) is 0 Å². The van der Waals surface area contributed by atoms with Crippen LogP contribution in [-0.4, -0.2) is 52.5 Å². The molecule has 2 N–H and O–H groups in total. The minimum absolute atomic E-state index is 0.0510. The molecule has 2 rings (SSSR count). The Bertz CT molecular complexity index is 400. The normalized spacial score (nSPS) is 17.4. The zero-order chi connectivity index (χ0) is 13.0. The van der Waals surface area contributed by atoms with Crippen LogP contribution in [0.5, 0.6) is 0 Å². The van der Waals surface area contributed by atoms with E-state index in [4.69, 9.17) is 0 Å². The molecule has 0 aromatic carbocycles. The van der Waals surface area contributed by atoms with E-state index in [0.717, 1.165) is 26.2 Å². The summed E-state index contributed by atoms with van der Waals surface area (Å²) in [4.78, 5) is 22.5. The van der Waals surface area contributed by atoms with Gasteiger partial charge in [0, 0.05) is 38.6 Å². The summed E-state index contributed by atoms with van der Waals surface area (Å²) in [7, 11) is 0. The second-order valence-corrected chi connectivity index (χ2v) is 4.84. The maximum atomic E-state index is 12.3. The maximum Gasteiger partial charge on any atom is 0.245 e. The molecule has 0 spiro atoms. The molecule has 1 aliphatic heterocycles. The highest BCUT2D eigenvalue weighted by Crippen LogP contribution is 2.17. The summed E-state index contributed by atoms with van der Waals surface area (Å²) < 4.78 is 0. The third-order valence-corrected chi connectivity index (χ3v) is 3.27. The SMILES string of the molecule is CC(C)(C(=O)Nc1cnccn1)N1CCNCC1. The molecule has 1 aromatic heterocycles. The third kappa shape index (κ3) is 2.83. The van der Waals surface area contributed by atoms with E-state index in [1.165, 1.54) is 0 Å². The average molecular weight is 249 g/mol. The Balaban J connectivity index is 2.02. The van der Waals surface area contributed by atoms with Crippen LogP contribution in [0.1, 0.15) is 13.8 Å². The van der Waals surface area contributed by atoms with Crippen LogP contribution >= 0.6 is 0 Å². The molecule has 0 unspecified atom stereocenters. The molecule has 0 saturated carbocycles. The first-order valence-electron chi connectivity index (χ1n) is 6.14. The van der Waals surface area contributed by atoms with Gasteiger partial charge >= 0.3 is 0 Å². The quantitative estimate of drug-likeness (QED) is 0.795. The number of amides is 1. The minimum atomic E-state index is -0.542. The molecule has 6 heteroatoms. The molecule has 1 aliphatic rings. The van der Waals surface area contributed by atoms with Crippen molar-refractivity contribution in [1.82, 2.24) is 20.2 Å². The fourth-order valence-corrected chi connectivity index (χ4v) is 2.00. The first-order valence-corrected chi connectivity index (χ1v) is 6.14. The summed E-state index contributed by atoms with van der Waals surface area (Å²) in [5.41, 5.74) is -0.542. The third-order valence-electron chi connectivity index (χ3n) is 3.27. The smallest absolute Gasteiger partial charge is 0.245 e. The molecule has 6 nitrogen and oxygen atoms in total. The van der Waals surface area contributed by atoms with Crippen LogP contribution in [0.25, 0.3) is 0 Å². The molecule has 1 aromatic rings. The number of hydrogen-bond donors (Lipinski definition) is 2. The zero-order valence-electron chi connectivity index (χ0n) is 10.8. The molecule has 0 radical (unpaired) electrons. The van der Waals surface area contributed by atoms with Crippen LogP contribution in [0, 0.1) is 0 Å². The highest BCUT2D eigenvalue weighted by atomic mass is 16.2. The summed E-state index contributed by atoms with van der Waals surface area (Å²) in [6.45, 7) is 7.46. The predicted octanol–water partition coefficient (Wildman–Crippen LogP) is 0.0989. The number of nitrogens with zero attached hydrogens (tertiary/aromatic N) is 3. The molecule has 1 amide bonds. The highest BCUT2D eigenvalue weighted by molar-refractivity contribution is 5.96. The largest absolute Gasteiger partial charge is 0.314 e. The predicted molar refractivity (Wildman–Crippen MR) is 69.2 cm³/mol. The van der Waals surface area contributed by atoms with Crippen LogP contribution in [0.2, 0.25) is 0 Å². The van der Waals surface area contributed by atoms with Gasteiger partial charge in [-0.3, -0.25) is 14.7 Å². The number of anilines is 1. The van der Waals surface area contributed by atoms with Gasteiger partial charge < -0.3 is 10.6 Å². The minimum Gasteiger partial charge on any atom is -0.314 e. The van der Waals surface area contributed by atoms with Crippen molar-refractivity contribution in [2.75, 3.05) is 31.5 Å². The van der Waals surface area contributed by atoms with Crippen LogP contribution in [0.3, 0.4) is 0 Å². The molecule has 98 valence electrons. The lowest BCUT2D eigenvalue weighted by atomic mass is 10.0. The van der Waals surface area contributed by atoms with E-state index in [2.05, 4.69) is 25.5 Å². The molecule has 0 atom stereocenters. The topological polar surface area (TPSA) is 70.2 Å². The first-order chi connectivity index (χ1) is 8.60. The maximum absolute atomic E-state index is 12.3. The van der Waals surface area contributed by atoms with Gasteiger partial charge in [0.15, 0.2) is 5.82 Å². The van der Waals surface area contributed by atoms with Crippen LogP contribution < -0.4 is 10.6 Å². The fraction of sp³-hybridized carbons (Fsp3) is 0.583. The van der Waals surface area contributed by atoms with Crippen LogP contribution in [0.4, 0.5) is 5.82 Å². The van der Waals surface area contributed by atoms with Crippen LogP contribution in [-0.2, 0) is 4.79 Å². The second kappa shape index (κ2) is 5.41. The molecular weight excluding hydrogens is 230 g/mol. The number of hydrogen-bond acceptors (Lipinski definition) is 5. The van der Waals surface area contributed by atoms with Crippen molar-refractivity contribution in [2.24, 2.45) is 0 Å². The van der Waals surface area contributed by atoms with E-state index in [1.54, 1.807) is 18.6 Å². The summed E-state index contributed by atoms with van der Waals surface area (Å²) in [5, 5.41) is 6.08. The Morgan fingerprint density at radius 3 is 2.72 bits per heavy atom. The Labute approximate surface area is 107 Å². The van der Waals surface area contributed by atoms with Gasteiger partial charge in [-0.1, -0.05) is 0 Å². The van der Waals surface area contributed by atoms with E-state index < -0.39 is 5.54 Å². The zero-order valence-corrected chi connectivity index (χ0v) is 10.8. The lowest BCUT2D eigenvalue weighted by Gasteiger charge is -2.39. The van der Waals surface area contributed by atoms with Gasteiger partial charge in [-0.15, -0.1) is 0 Å². The Hall–Kier alpha value is -1.53. The van der Waals surface area contributed by atoms with E-state index >= 15 is 0 Å². The summed E-state index contributed by atoms with van der Waals surface area (Å²) in [5.74, 6) is 0.440. The fourth-order valence-electron chi connectivity index (χ4n) is 2.00. The molecule has 1 saturated heterocycles. The summed E-state index contributed by atoms with van der Waals surface area (Å²) in [6.07, 6.45) is 4.69. The second-order valence-electron chi connectivity index (χ2n) is 4.84. The van der Waals surface area contributed by atoms with Gasteiger partial charge in [-0.05, 0) is 13.8 Å². The van der Waals surface area contributed by atoms with Gasteiger partial charge in [0.05, 0.1) is 11.7 Å². The molecular formula is C12H19N5O. The van der Waals surface area contributed by atoms with E-state index in [1.807, 2.05) is 13.8 Å². The first kappa shape index (κ1) is 12.9. The monoisotopic (exact) mass is 249 g/mol. The highest BCUT2D eigenvalue weighted by Gasteiger charge is 2.35. The molecule has 1 fully saturated rings. The van der Waals surface area contributed by atoms with E-state index in [0.29, 0.717) is 5.82 Å². The molecule has 0 aliphatic carbocycles. The number of rotatable bonds is 3. The van der Waals surface area contributed by atoms with Gasteiger partial charge in [0.2, 0.25) is 5.91 Å². The number of piperazine rings is 1. The molecule has 0 bridgehead atoms. The van der Waals surface area contributed by atoms with Crippen molar-refractivity contribution in [1.29, 1.82) is 0 Å². The summed E-state index contributed by atoms with van der Waals surface area (Å²) >= 11 is 0. The lowest BCUT2D eigenvalue weighted by molar-refractivity contribution is -0.126. The van der Waals surface area contributed by atoms with Crippen molar-refractivity contribution in [3.63, 3.8) is 0 Å². The standard InChI is InChI=1S/C12H19N5O/c1-12(2,17-7-5-13-6-8-17)11(18)16-10-9-14-3-4-15-10/h3-4,9,13H,5-8H2,1-2H3,(H,15,16,18). The Morgan fingerprint density at radius 2 is 2.11 bits per heavy atom. The Kier molecular flexibility index (Phi) is 3.88. The van der Waals surface area contributed by atoms with Gasteiger partial charge in [0.25, 0.3) is 0 Å². The lowest BCUT2D eigenvalue weighted by Crippen LogP contribution is -2.58. The van der Waals surface area contributed by atoms with Crippen molar-refractivity contribution < 1.29 is 4.79 Å². The van der Waals surface area contributed by atoms with Crippen molar-refractivity contribution in [2.45, 2.75) is 19.4 Å². The van der Waals surface area contributed by atoms with Crippen molar-refractivity contribution >= 4 is 11.7 Å².